The van der Waals surface area contributed by atoms with Gasteiger partial charge in [-0.15, -0.1) is 0 Å². The fraction of sp³-hybridized carbons (Fsp3) is 0.100. The zero-order valence-electron chi connectivity index (χ0n) is 6.92. The topological polar surface area (TPSA) is 28.7 Å². The Morgan fingerprint density at radius 3 is 2.69 bits per heavy atom. The first-order chi connectivity index (χ1) is 6.34. The quantitative estimate of drug-likeness (QED) is 0.742. The molecule has 1 radical (unpaired) electrons. The minimum absolute atomic E-state index is 0.208. The lowest BCUT2D eigenvalue weighted by molar-refractivity contribution is 0.627. The van der Waals surface area contributed by atoms with Gasteiger partial charge in [0.25, 0.3) is 0 Å². The van der Waals surface area contributed by atoms with E-state index in [1.807, 2.05) is 0 Å². The van der Waals surface area contributed by atoms with Crippen LogP contribution in [0.5, 0.6) is 0 Å². The van der Waals surface area contributed by atoms with Crippen LogP contribution in [0.15, 0.2) is 30.3 Å². The van der Waals surface area contributed by atoms with Crippen LogP contribution >= 0.6 is 0 Å². The second-order valence-electron chi connectivity index (χ2n) is 2.83. The number of benzene rings is 1. The maximum Gasteiger partial charge on any atom is 0.123 e. The SMILES string of the molecule is Fc1ccc(Cc2c[c]n[nH]2)cc1. The van der Waals surface area contributed by atoms with Gasteiger partial charge in [0.2, 0.25) is 0 Å². The summed E-state index contributed by atoms with van der Waals surface area (Å²) < 4.78 is 12.5. The third-order valence-corrected chi connectivity index (χ3v) is 1.81. The van der Waals surface area contributed by atoms with Gasteiger partial charge in [0.05, 0.1) is 0 Å². The average Bonchev–Trinajstić information content (AvgIpc) is 2.62. The molecule has 0 spiro atoms. The summed E-state index contributed by atoms with van der Waals surface area (Å²) in [6.07, 6.45) is 3.41. The number of aromatic nitrogens is 2. The second kappa shape index (κ2) is 3.39. The molecule has 0 amide bonds. The molecule has 2 aromatic rings. The number of hydrogen-bond acceptors (Lipinski definition) is 1. The van der Waals surface area contributed by atoms with Crippen molar-refractivity contribution in [3.8, 4) is 0 Å². The van der Waals surface area contributed by atoms with Crippen molar-refractivity contribution in [1.82, 2.24) is 10.2 Å². The van der Waals surface area contributed by atoms with Gasteiger partial charge in [-0.1, -0.05) is 12.1 Å². The van der Waals surface area contributed by atoms with E-state index >= 15 is 0 Å². The van der Waals surface area contributed by atoms with Gasteiger partial charge in [-0.3, -0.25) is 5.10 Å². The average molecular weight is 175 g/mol. The number of aromatic amines is 1. The summed E-state index contributed by atoms with van der Waals surface area (Å²) in [7, 11) is 0. The molecule has 1 N–H and O–H groups in total. The number of nitrogens with zero attached hydrogens (tertiary/aromatic N) is 1. The smallest absolute Gasteiger partial charge is 0.123 e. The number of hydrogen-bond donors (Lipinski definition) is 1. The zero-order valence-corrected chi connectivity index (χ0v) is 6.92. The van der Waals surface area contributed by atoms with Crippen molar-refractivity contribution in [2.75, 3.05) is 0 Å². The van der Waals surface area contributed by atoms with E-state index in [0.717, 1.165) is 17.7 Å². The maximum absolute atomic E-state index is 12.5. The first-order valence-corrected chi connectivity index (χ1v) is 3.99. The lowest BCUT2D eigenvalue weighted by Crippen LogP contribution is -1.88. The second-order valence-corrected chi connectivity index (χ2v) is 2.83. The molecule has 0 saturated heterocycles. The van der Waals surface area contributed by atoms with Crippen molar-refractivity contribution in [3.63, 3.8) is 0 Å². The highest BCUT2D eigenvalue weighted by atomic mass is 19.1. The molecule has 2 nitrogen and oxygen atoms in total. The molecule has 0 fully saturated rings. The molecular weight excluding hydrogens is 167 g/mol. The van der Waals surface area contributed by atoms with Crippen molar-refractivity contribution < 1.29 is 4.39 Å². The van der Waals surface area contributed by atoms with Crippen LogP contribution in [0.4, 0.5) is 4.39 Å². The van der Waals surface area contributed by atoms with Crippen LogP contribution in [0.1, 0.15) is 11.3 Å². The van der Waals surface area contributed by atoms with Gasteiger partial charge in [0.15, 0.2) is 0 Å². The summed E-state index contributed by atoms with van der Waals surface area (Å²) in [5.74, 6) is -0.208. The molecule has 0 unspecified atom stereocenters. The van der Waals surface area contributed by atoms with E-state index in [0.29, 0.717) is 0 Å². The molecule has 3 heteroatoms. The molecule has 0 aliphatic carbocycles. The van der Waals surface area contributed by atoms with Gasteiger partial charge in [0.1, 0.15) is 12.0 Å². The van der Waals surface area contributed by atoms with Crippen molar-refractivity contribution in [1.29, 1.82) is 0 Å². The molecule has 1 aromatic heterocycles. The fourth-order valence-electron chi connectivity index (χ4n) is 1.16. The van der Waals surface area contributed by atoms with Gasteiger partial charge in [0, 0.05) is 12.1 Å². The Morgan fingerprint density at radius 1 is 1.31 bits per heavy atom. The summed E-state index contributed by atoms with van der Waals surface area (Å²) in [6, 6.07) is 8.21. The Bertz CT molecular complexity index is 364. The Morgan fingerprint density at radius 2 is 2.08 bits per heavy atom. The van der Waals surface area contributed by atoms with Crippen molar-refractivity contribution >= 4 is 0 Å². The normalized spacial score (nSPS) is 10.2. The highest BCUT2D eigenvalue weighted by Crippen LogP contribution is 2.07. The number of nitrogens with one attached hydrogen (secondary N) is 1. The Labute approximate surface area is 75.4 Å². The summed E-state index contributed by atoms with van der Waals surface area (Å²) in [5, 5.41) is 6.51. The molecule has 0 bridgehead atoms. The molecular formula is C10H8FN2. The predicted octanol–water partition coefficient (Wildman–Crippen LogP) is 1.94. The number of H-pyrrole nitrogens is 1. The van der Waals surface area contributed by atoms with E-state index in [1.54, 1.807) is 18.2 Å². The lowest BCUT2D eigenvalue weighted by atomic mass is 10.1. The van der Waals surface area contributed by atoms with Crippen LogP contribution in [0.25, 0.3) is 0 Å². The van der Waals surface area contributed by atoms with Crippen LogP contribution in [-0.4, -0.2) is 10.2 Å². The molecule has 1 aromatic carbocycles. The zero-order chi connectivity index (χ0) is 9.10. The first-order valence-electron chi connectivity index (χ1n) is 3.99. The standard InChI is InChI=1S/C10H8FN2/c11-9-3-1-8(2-4-9)7-10-5-6-12-13-10/h1-5H,7H2,(H,12,13). The Hall–Kier alpha value is -1.64. The van der Waals surface area contributed by atoms with Gasteiger partial charge in [-0.05, 0) is 23.8 Å². The van der Waals surface area contributed by atoms with Gasteiger partial charge < -0.3 is 0 Å². The monoisotopic (exact) mass is 175 g/mol. The van der Waals surface area contributed by atoms with Crippen LogP contribution in [-0.2, 0) is 6.42 Å². The van der Waals surface area contributed by atoms with Gasteiger partial charge in [-0.2, -0.15) is 5.10 Å². The Kier molecular flexibility index (Phi) is 2.08. The van der Waals surface area contributed by atoms with E-state index < -0.39 is 0 Å². The molecule has 0 atom stereocenters. The highest BCUT2D eigenvalue weighted by Gasteiger charge is 1.97. The molecule has 0 saturated carbocycles. The fourth-order valence-corrected chi connectivity index (χ4v) is 1.16. The minimum Gasteiger partial charge on any atom is -0.282 e. The maximum atomic E-state index is 12.5. The number of rotatable bonds is 2. The van der Waals surface area contributed by atoms with Crippen molar-refractivity contribution in [3.05, 3.63) is 53.6 Å². The molecule has 1 heterocycles. The van der Waals surface area contributed by atoms with Gasteiger partial charge in [-0.25, -0.2) is 4.39 Å². The van der Waals surface area contributed by atoms with Crippen LogP contribution in [0, 0.1) is 12.0 Å². The summed E-state index contributed by atoms with van der Waals surface area (Å²) in [4.78, 5) is 0. The van der Waals surface area contributed by atoms with E-state index in [4.69, 9.17) is 0 Å². The van der Waals surface area contributed by atoms with Crippen LogP contribution < -0.4 is 0 Å². The van der Waals surface area contributed by atoms with Gasteiger partial charge >= 0.3 is 0 Å². The van der Waals surface area contributed by atoms with Crippen LogP contribution in [0.3, 0.4) is 0 Å². The van der Waals surface area contributed by atoms with E-state index in [2.05, 4.69) is 16.4 Å². The Balaban J connectivity index is 2.15. The van der Waals surface area contributed by atoms with Crippen molar-refractivity contribution in [2.24, 2.45) is 0 Å². The highest BCUT2D eigenvalue weighted by molar-refractivity contribution is 5.21. The summed E-state index contributed by atoms with van der Waals surface area (Å²) in [5.41, 5.74) is 2.03. The molecule has 0 aliphatic rings. The first kappa shape index (κ1) is 7.98. The van der Waals surface area contributed by atoms with E-state index in [-0.39, 0.29) is 5.82 Å². The lowest BCUT2D eigenvalue weighted by Gasteiger charge is -1.97. The van der Waals surface area contributed by atoms with Crippen LogP contribution in [0.2, 0.25) is 0 Å². The molecule has 65 valence electrons. The minimum atomic E-state index is -0.208. The number of halogens is 1. The van der Waals surface area contributed by atoms with Crippen molar-refractivity contribution in [2.45, 2.75) is 6.42 Å². The third kappa shape index (κ3) is 1.93. The van der Waals surface area contributed by atoms with E-state index in [9.17, 15) is 4.39 Å². The predicted molar refractivity (Wildman–Crippen MR) is 46.6 cm³/mol. The third-order valence-electron chi connectivity index (χ3n) is 1.81. The van der Waals surface area contributed by atoms with E-state index in [1.165, 1.54) is 12.1 Å². The molecule has 0 aliphatic heterocycles. The largest absolute Gasteiger partial charge is 0.282 e. The molecule has 13 heavy (non-hydrogen) atoms. The summed E-state index contributed by atoms with van der Waals surface area (Å²) >= 11 is 0. The molecule has 2 rings (SSSR count). The summed E-state index contributed by atoms with van der Waals surface area (Å²) in [6.45, 7) is 0.